The number of phenolic OH excluding ortho intramolecular Hbond substituents is 1. The van der Waals surface area contributed by atoms with Crippen LogP contribution in [-0.4, -0.2) is 90.3 Å². The van der Waals surface area contributed by atoms with Crippen LogP contribution in [0.25, 0.3) is 11.3 Å². The molecule has 0 aliphatic carbocycles. The van der Waals surface area contributed by atoms with E-state index in [4.69, 9.17) is 0 Å². The van der Waals surface area contributed by atoms with Gasteiger partial charge in [-0.1, -0.05) is 54.6 Å². The first-order valence-corrected chi connectivity index (χ1v) is 20.5. The van der Waals surface area contributed by atoms with Crippen molar-refractivity contribution in [3.63, 3.8) is 0 Å². The standard InChI is InChI=1S/C45H53N7O4/c53-41-11-5-4-10-39(41)40-27-37(29-47-49-40)52-25-20-45(21-26-52,35-8-2-1-3-9-35)44(56)46-28-33-7-6-22-50(31-33)30-32-18-23-51(24-19-32)36-14-12-34(13-15-36)38-16-17-42(54)48-43(38)55/h1-5,8-15,27,29,32-33,38,53H,6-7,16-26,28,30-31H2,(H,46,56)(H,48,54,55)/t33?,38-/m0/s1. The van der Waals surface area contributed by atoms with Crippen molar-refractivity contribution in [3.05, 3.63) is 102 Å². The zero-order valence-corrected chi connectivity index (χ0v) is 32.1. The Bertz CT molecular complexity index is 1990. The quantitative estimate of drug-likeness (QED) is 0.176. The number of likely N-dealkylation sites (tertiary alicyclic amines) is 1. The van der Waals surface area contributed by atoms with Crippen molar-refractivity contribution in [2.45, 2.75) is 62.7 Å². The summed E-state index contributed by atoms with van der Waals surface area (Å²) in [6.07, 6.45) is 8.69. The van der Waals surface area contributed by atoms with E-state index < -0.39 is 5.41 Å². The van der Waals surface area contributed by atoms with Gasteiger partial charge in [0.25, 0.3) is 0 Å². The second-order valence-corrected chi connectivity index (χ2v) is 16.3. The highest BCUT2D eigenvalue weighted by atomic mass is 16.3. The van der Waals surface area contributed by atoms with Crippen LogP contribution in [-0.2, 0) is 19.8 Å². The van der Waals surface area contributed by atoms with Gasteiger partial charge in [0.1, 0.15) is 5.75 Å². The molecule has 5 heterocycles. The van der Waals surface area contributed by atoms with Crippen LogP contribution in [0.2, 0.25) is 0 Å². The first kappa shape index (κ1) is 37.6. The molecule has 1 aromatic heterocycles. The molecule has 3 amide bonds. The van der Waals surface area contributed by atoms with E-state index in [0.717, 1.165) is 75.2 Å². The molecule has 292 valence electrons. The minimum Gasteiger partial charge on any atom is -0.507 e. The van der Waals surface area contributed by atoms with E-state index in [1.807, 2.05) is 48.5 Å². The van der Waals surface area contributed by atoms with E-state index in [0.29, 0.717) is 68.4 Å². The van der Waals surface area contributed by atoms with Crippen molar-refractivity contribution in [1.82, 2.24) is 25.7 Å². The number of para-hydroxylation sites is 1. The van der Waals surface area contributed by atoms with Gasteiger partial charge < -0.3 is 25.1 Å². The summed E-state index contributed by atoms with van der Waals surface area (Å²) >= 11 is 0. The molecule has 4 saturated heterocycles. The van der Waals surface area contributed by atoms with Crippen molar-refractivity contribution >= 4 is 29.1 Å². The fourth-order valence-corrected chi connectivity index (χ4v) is 9.46. The second-order valence-electron chi connectivity index (χ2n) is 16.3. The molecule has 4 fully saturated rings. The van der Waals surface area contributed by atoms with Crippen molar-refractivity contribution in [3.8, 4) is 17.0 Å². The largest absolute Gasteiger partial charge is 0.507 e. The lowest BCUT2D eigenvalue weighted by Gasteiger charge is -2.42. The number of carbonyl (C=O) groups is 3. The lowest BCUT2D eigenvalue weighted by atomic mass is 9.71. The van der Waals surface area contributed by atoms with E-state index in [1.54, 1.807) is 18.3 Å². The molecule has 11 heteroatoms. The Balaban J connectivity index is 0.832. The molecule has 56 heavy (non-hydrogen) atoms. The molecule has 4 aliphatic heterocycles. The zero-order chi connectivity index (χ0) is 38.5. The molecular formula is C45H53N7O4. The van der Waals surface area contributed by atoms with Crippen LogP contribution in [0, 0.1) is 11.8 Å². The molecule has 4 aromatic rings. The topological polar surface area (TPSA) is 131 Å². The van der Waals surface area contributed by atoms with Crippen LogP contribution in [0.1, 0.15) is 68.4 Å². The number of nitrogens with zero attached hydrogens (tertiary/aromatic N) is 5. The summed E-state index contributed by atoms with van der Waals surface area (Å²) in [5.74, 6) is 0.764. The van der Waals surface area contributed by atoms with E-state index in [2.05, 4.69) is 59.8 Å². The third-order valence-corrected chi connectivity index (χ3v) is 12.7. The Morgan fingerprint density at radius 3 is 2.30 bits per heavy atom. The third-order valence-electron chi connectivity index (χ3n) is 12.7. The number of carbonyl (C=O) groups excluding carboxylic acids is 3. The smallest absolute Gasteiger partial charge is 0.234 e. The van der Waals surface area contributed by atoms with Gasteiger partial charge in [-0.2, -0.15) is 10.2 Å². The van der Waals surface area contributed by atoms with Crippen LogP contribution in [0.4, 0.5) is 11.4 Å². The average Bonchev–Trinajstić information content (AvgIpc) is 3.24. The van der Waals surface area contributed by atoms with Crippen LogP contribution in [0.3, 0.4) is 0 Å². The maximum Gasteiger partial charge on any atom is 0.234 e. The second kappa shape index (κ2) is 16.8. The number of aromatic hydroxyl groups is 1. The number of hydrogen-bond acceptors (Lipinski definition) is 9. The average molecular weight is 756 g/mol. The summed E-state index contributed by atoms with van der Waals surface area (Å²) < 4.78 is 0. The number of benzene rings is 3. The van der Waals surface area contributed by atoms with E-state index in [9.17, 15) is 19.5 Å². The number of piperidine rings is 4. The summed E-state index contributed by atoms with van der Waals surface area (Å²) in [6.45, 7) is 7.38. The zero-order valence-electron chi connectivity index (χ0n) is 32.1. The predicted octanol–water partition coefficient (Wildman–Crippen LogP) is 5.65. The summed E-state index contributed by atoms with van der Waals surface area (Å²) in [5, 5.41) is 24.9. The van der Waals surface area contributed by atoms with Crippen molar-refractivity contribution < 1.29 is 19.5 Å². The van der Waals surface area contributed by atoms with E-state index in [1.165, 1.54) is 5.69 Å². The normalized spacial score (nSPS) is 22.1. The number of phenols is 1. The number of rotatable bonds is 10. The van der Waals surface area contributed by atoms with Crippen LogP contribution in [0.5, 0.6) is 5.75 Å². The molecule has 4 aliphatic rings. The molecule has 0 spiro atoms. The van der Waals surface area contributed by atoms with E-state index >= 15 is 0 Å². The Morgan fingerprint density at radius 2 is 1.55 bits per heavy atom. The molecule has 3 aromatic carbocycles. The van der Waals surface area contributed by atoms with Crippen LogP contribution in [0.15, 0.2) is 91.1 Å². The van der Waals surface area contributed by atoms with Gasteiger partial charge in [0.15, 0.2) is 0 Å². The fourth-order valence-electron chi connectivity index (χ4n) is 9.46. The highest BCUT2D eigenvalue weighted by molar-refractivity contribution is 6.01. The number of aromatic nitrogens is 2. The summed E-state index contributed by atoms with van der Waals surface area (Å²) in [4.78, 5) is 45.6. The highest BCUT2D eigenvalue weighted by Crippen LogP contribution is 2.38. The van der Waals surface area contributed by atoms with Crippen molar-refractivity contribution in [2.75, 3.05) is 62.2 Å². The van der Waals surface area contributed by atoms with Crippen LogP contribution < -0.4 is 20.4 Å². The molecule has 0 radical (unpaired) electrons. The Labute approximate surface area is 329 Å². The molecular weight excluding hydrogens is 703 g/mol. The minimum absolute atomic E-state index is 0.126. The summed E-state index contributed by atoms with van der Waals surface area (Å²) in [6, 6.07) is 27.8. The maximum atomic E-state index is 14.3. The van der Waals surface area contributed by atoms with Crippen molar-refractivity contribution in [2.24, 2.45) is 11.8 Å². The van der Waals surface area contributed by atoms with Gasteiger partial charge >= 0.3 is 0 Å². The molecule has 3 N–H and O–H groups in total. The summed E-state index contributed by atoms with van der Waals surface area (Å²) in [7, 11) is 0. The Kier molecular flexibility index (Phi) is 11.3. The first-order valence-electron chi connectivity index (χ1n) is 20.5. The van der Waals surface area contributed by atoms with Gasteiger partial charge in [0.2, 0.25) is 17.7 Å². The third kappa shape index (κ3) is 8.28. The number of anilines is 2. The van der Waals surface area contributed by atoms with Gasteiger partial charge in [0.05, 0.1) is 28.9 Å². The Hall–Kier alpha value is -5.29. The lowest BCUT2D eigenvalue weighted by Crippen LogP contribution is -2.53. The molecule has 2 atom stereocenters. The van der Waals surface area contributed by atoms with E-state index in [-0.39, 0.29) is 29.4 Å². The van der Waals surface area contributed by atoms with Gasteiger partial charge in [0, 0.05) is 63.5 Å². The molecule has 0 bridgehead atoms. The highest BCUT2D eigenvalue weighted by Gasteiger charge is 2.43. The molecule has 8 rings (SSSR count). The predicted molar refractivity (Wildman–Crippen MR) is 217 cm³/mol. The maximum absolute atomic E-state index is 14.3. The number of hydrogen-bond donors (Lipinski definition) is 3. The van der Waals surface area contributed by atoms with Gasteiger partial charge in [-0.25, -0.2) is 0 Å². The van der Waals surface area contributed by atoms with Gasteiger partial charge in [-0.3, -0.25) is 19.7 Å². The lowest BCUT2D eigenvalue weighted by molar-refractivity contribution is -0.134. The van der Waals surface area contributed by atoms with Gasteiger partial charge in [-0.05, 0) is 105 Å². The minimum atomic E-state index is -0.605. The SMILES string of the molecule is O=C1CC[C@@H](c2ccc(N3CCC(CN4CCCC(CNC(=O)C5(c6ccccc6)CCN(c6cnnc(-c7ccccc7O)c6)CC5)C4)CC3)cc2)C(=O)N1. The summed E-state index contributed by atoms with van der Waals surface area (Å²) in [5.41, 5.74) is 4.85. The number of amides is 3. The first-order chi connectivity index (χ1) is 27.3. The number of imide groups is 1. The van der Waals surface area contributed by atoms with Crippen LogP contribution >= 0.6 is 0 Å². The van der Waals surface area contributed by atoms with Crippen molar-refractivity contribution in [1.29, 1.82) is 0 Å². The molecule has 1 unspecified atom stereocenters. The fraction of sp³-hybridized carbons (Fsp3) is 0.444. The molecule has 0 saturated carbocycles. The number of nitrogens with one attached hydrogen (secondary N) is 2. The molecule has 11 nitrogen and oxygen atoms in total. The Morgan fingerprint density at radius 1 is 0.821 bits per heavy atom. The van der Waals surface area contributed by atoms with Gasteiger partial charge in [-0.15, -0.1) is 0 Å². The monoisotopic (exact) mass is 755 g/mol.